The smallest absolute Gasteiger partial charge is 0.209 e. The van der Waals surface area contributed by atoms with Crippen LogP contribution in [0.25, 0.3) is 10.9 Å². The number of nitrogens with zero attached hydrogens (tertiary/aromatic N) is 2. The van der Waals surface area contributed by atoms with E-state index in [1.807, 2.05) is 18.2 Å². The number of nitrogens with one attached hydrogen (secondary N) is 2. The molecule has 1 saturated heterocycles. The second-order valence-electron chi connectivity index (χ2n) is 5.63. The fourth-order valence-corrected chi connectivity index (χ4v) is 3.01. The van der Waals surface area contributed by atoms with E-state index in [0.717, 1.165) is 48.4 Å². The number of para-hydroxylation sites is 1. The van der Waals surface area contributed by atoms with Gasteiger partial charge in [-0.2, -0.15) is 5.48 Å². The van der Waals surface area contributed by atoms with Gasteiger partial charge in [0.2, 0.25) is 5.90 Å². The Morgan fingerprint density at radius 2 is 2.04 bits per heavy atom. The van der Waals surface area contributed by atoms with E-state index < -0.39 is 0 Å². The van der Waals surface area contributed by atoms with Crippen LogP contribution in [-0.4, -0.2) is 38.1 Å². The molecule has 0 bridgehead atoms. The monoisotopic (exact) mass is 314 g/mol. The molecule has 1 aromatic heterocycles. The molecule has 1 aliphatic rings. The van der Waals surface area contributed by atoms with Crippen molar-refractivity contribution in [2.24, 2.45) is 5.92 Å². The van der Waals surface area contributed by atoms with Crippen LogP contribution in [0.3, 0.4) is 0 Å². The van der Waals surface area contributed by atoms with Gasteiger partial charge < -0.3 is 14.5 Å². The van der Waals surface area contributed by atoms with Gasteiger partial charge in [-0.3, -0.25) is 5.41 Å². The molecule has 6 nitrogen and oxygen atoms in total. The third kappa shape index (κ3) is 3.22. The second kappa shape index (κ2) is 6.83. The van der Waals surface area contributed by atoms with E-state index in [-0.39, 0.29) is 5.92 Å². The number of hydrogen-bond acceptors (Lipinski definition) is 6. The molecule has 2 aromatic rings. The van der Waals surface area contributed by atoms with Crippen molar-refractivity contribution in [1.29, 1.82) is 5.41 Å². The fourth-order valence-electron chi connectivity index (χ4n) is 3.01. The minimum absolute atomic E-state index is 0.175. The quantitative estimate of drug-likeness (QED) is 0.516. The first kappa shape index (κ1) is 15.6. The van der Waals surface area contributed by atoms with Crippen LogP contribution in [-0.2, 0) is 4.84 Å². The summed E-state index contributed by atoms with van der Waals surface area (Å²) in [6, 6.07) is 10.1. The molecule has 0 atom stereocenters. The van der Waals surface area contributed by atoms with Crippen molar-refractivity contribution < 1.29 is 9.57 Å². The Bertz CT molecular complexity index is 696. The summed E-state index contributed by atoms with van der Waals surface area (Å²) in [5.41, 5.74) is 3.47. The van der Waals surface area contributed by atoms with E-state index in [1.165, 1.54) is 0 Å². The van der Waals surface area contributed by atoms with E-state index in [4.69, 9.17) is 20.0 Å². The molecule has 3 rings (SSSR count). The lowest BCUT2D eigenvalue weighted by Crippen LogP contribution is -2.38. The van der Waals surface area contributed by atoms with Crippen LogP contribution < -0.4 is 15.1 Å². The highest BCUT2D eigenvalue weighted by Crippen LogP contribution is 2.28. The number of benzene rings is 1. The Kier molecular flexibility index (Phi) is 4.62. The van der Waals surface area contributed by atoms with Gasteiger partial charge in [0.1, 0.15) is 17.1 Å². The van der Waals surface area contributed by atoms with Gasteiger partial charge in [-0.1, -0.05) is 12.1 Å². The third-order valence-electron chi connectivity index (χ3n) is 4.29. The molecule has 0 aliphatic carbocycles. The first-order valence-corrected chi connectivity index (χ1v) is 7.83. The summed E-state index contributed by atoms with van der Waals surface area (Å²) in [6.07, 6.45) is 1.79. The average molecular weight is 314 g/mol. The van der Waals surface area contributed by atoms with Crippen LogP contribution >= 0.6 is 0 Å². The number of methoxy groups -OCH3 is 1. The highest BCUT2D eigenvalue weighted by Gasteiger charge is 2.24. The van der Waals surface area contributed by atoms with Gasteiger partial charge in [0.05, 0.1) is 7.11 Å². The van der Waals surface area contributed by atoms with E-state index in [1.54, 1.807) is 14.2 Å². The molecule has 122 valence electrons. The highest BCUT2D eigenvalue weighted by molar-refractivity contribution is 5.86. The van der Waals surface area contributed by atoms with Crippen molar-refractivity contribution in [2.75, 3.05) is 32.1 Å². The molecule has 0 unspecified atom stereocenters. The highest BCUT2D eigenvalue weighted by atomic mass is 16.6. The second-order valence-corrected chi connectivity index (χ2v) is 5.63. The molecule has 0 radical (unpaired) electrons. The van der Waals surface area contributed by atoms with Gasteiger partial charge in [-0.05, 0) is 31.0 Å². The number of hydroxylamine groups is 1. The number of pyridine rings is 1. The molecular formula is C17H22N4O2. The third-order valence-corrected chi connectivity index (χ3v) is 4.29. The van der Waals surface area contributed by atoms with Gasteiger partial charge in [0, 0.05) is 31.4 Å². The molecule has 23 heavy (non-hydrogen) atoms. The Hall–Kier alpha value is -2.34. The molecule has 1 fully saturated rings. The van der Waals surface area contributed by atoms with Crippen LogP contribution in [0, 0.1) is 11.3 Å². The number of ether oxygens (including phenoxy) is 1. The molecular weight excluding hydrogens is 292 g/mol. The lowest BCUT2D eigenvalue weighted by atomic mass is 9.96. The van der Waals surface area contributed by atoms with Crippen molar-refractivity contribution in [3.05, 3.63) is 30.3 Å². The van der Waals surface area contributed by atoms with Crippen molar-refractivity contribution in [3.63, 3.8) is 0 Å². The predicted octanol–water partition coefficient (Wildman–Crippen LogP) is 2.59. The topological polar surface area (TPSA) is 70.5 Å². The van der Waals surface area contributed by atoms with Gasteiger partial charge in [-0.15, -0.1) is 0 Å². The van der Waals surface area contributed by atoms with Crippen molar-refractivity contribution >= 4 is 22.6 Å². The summed E-state index contributed by atoms with van der Waals surface area (Å²) in [5, 5.41) is 8.96. The molecule has 2 heterocycles. The summed E-state index contributed by atoms with van der Waals surface area (Å²) in [7, 11) is 3.35. The maximum atomic E-state index is 7.88. The fraction of sp³-hybridized carbons (Fsp3) is 0.412. The lowest BCUT2D eigenvalue weighted by Gasteiger charge is -2.32. The predicted molar refractivity (Wildman–Crippen MR) is 91.1 cm³/mol. The first-order valence-electron chi connectivity index (χ1n) is 7.83. The van der Waals surface area contributed by atoms with Crippen LogP contribution in [0.1, 0.15) is 12.8 Å². The van der Waals surface area contributed by atoms with Crippen LogP contribution in [0.15, 0.2) is 30.3 Å². The summed E-state index contributed by atoms with van der Waals surface area (Å²) in [5.74, 6) is 2.25. The number of rotatable bonds is 4. The molecule has 6 heteroatoms. The van der Waals surface area contributed by atoms with E-state index in [2.05, 4.69) is 22.5 Å². The molecule has 0 amide bonds. The van der Waals surface area contributed by atoms with Gasteiger partial charge in [-0.25, -0.2) is 4.98 Å². The average Bonchev–Trinajstić information content (AvgIpc) is 2.61. The summed E-state index contributed by atoms with van der Waals surface area (Å²) >= 11 is 0. The van der Waals surface area contributed by atoms with Crippen LogP contribution in [0.2, 0.25) is 0 Å². The molecule has 0 spiro atoms. The zero-order valence-electron chi connectivity index (χ0n) is 13.5. The van der Waals surface area contributed by atoms with Gasteiger partial charge >= 0.3 is 0 Å². The maximum Gasteiger partial charge on any atom is 0.209 e. The Balaban J connectivity index is 1.76. The number of fused-ring (bicyclic) bond motifs is 1. The normalized spacial score (nSPS) is 15.7. The SMILES string of the molecule is CNOC(=N)C1CCN(c2ccc3cccc(OC)c3n2)CC1. The number of piperidine rings is 1. The summed E-state index contributed by atoms with van der Waals surface area (Å²) in [6.45, 7) is 1.74. The lowest BCUT2D eigenvalue weighted by molar-refractivity contribution is 0.183. The van der Waals surface area contributed by atoms with Gasteiger partial charge in [0.25, 0.3) is 0 Å². The van der Waals surface area contributed by atoms with Crippen molar-refractivity contribution in [3.8, 4) is 5.75 Å². The molecule has 2 N–H and O–H groups in total. The molecule has 0 saturated carbocycles. The summed E-state index contributed by atoms with van der Waals surface area (Å²) < 4.78 is 5.41. The number of anilines is 1. The minimum atomic E-state index is 0.175. The van der Waals surface area contributed by atoms with E-state index >= 15 is 0 Å². The maximum absolute atomic E-state index is 7.88. The van der Waals surface area contributed by atoms with Crippen LogP contribution in [0.4, 0.5) is 5.82 Å². The van der Waals surface area contributed by atoms with E-state index in [0.29, 0.717) is 5.90 Å². The number of hydrogen-bond donors (Lipinski definition) is 2. The van der Waals surface area contributed by atoms with Crippen molar-refractivity contribution in [1.82, 2.24) is 10.5 Å². The standard InChI is InChI=1S/C17H22N4O2/c1-19-23-17(18)13-8-10-21(11-9-13)15-7-6-12-4-3-5-14(22-2)16(12)20-15/h3-7,13,18-19H,8-11H2,1-2H3. The Morgan fingerprint density at radius 1 is 1.26 bits per heavy atom. The molecule has 1 aromatic carbocycles. The Morgan fingerprint density at radius 3 is 2.74 bits per heavy atom. The first-order chi connectivity index (χ1) is 11.2. The number of aromatic nitrogens is 1. The Labute approximate surface area is 135 Å². The van der Waals surface area contributed by atoms with E-state index in [9.17, 15) is 0 Å². The minimum Gasteiger partial charge on any atom is -0.494 e. The summed E-state index contributed by atoms with van der Waals surface area (Å²) in [4.78, 5) is 12.1. The molecule has 1 aliphatic heterocycles. The zero-order chi connectivity index (χ0) is 16.2. The van der Waals surface area contributed by atoms with Crippen molar-refractivity contribution in [2.45, 2.75) is 12.8 Å². The largest absolute Gasteiger partial charge is 0.494 e. The van der Waals surface area contributed by atoms with Gasteiger partial charge in [0.15, 0.2) is 0 Å². The zero-order valence-corrected chi connectivity index (χ0v) is 13.5. The van der Waals surface area contributed by atoms with Crippen LogP contribution in [0.5, 0.6) is 5.75 Å².